The standard InChI is InChI=1S/C16H29BO4/c1-13(2)14(3,4)19-12(18-13)10-9-11(10)17-20-15(5,6)16(7,8)21-17/h10-12H,9H2,1-8H3/t10-,11-/m0/s1. The van der Waals surface area contributed by atoms with Gasteiger partial charge in [0.25, 0.3) is 0 Å². The quantitative estimate of drug-likeness (QED) is 0.732. The van der Waals surface area contributed by atoms with Crippen LogP contribution in [0.15, 0.2) is 0 Å². The number of rotatable bonds is 2. The van der Waals surface area contributed by atoms with E-state index in [1.165, 1.54) is 0 Å². The normalized spacial score (nSPS) is 39.7. The lowest BCUT2D eigenvalue weighted by Crippen LogP contribution is -2.41. The Labute approximate surface area is 129 Å². The van der Waals surface area contributed by atoms with Crippen molar-refractivity contribution < 1.29 is 18.8 Å². The largest absolute Gasteiger partial charge is 0.461 e. The van der Waals surface area contributed by atoms with Crippen LogP contribution in [0.25, 0.3) is 0 Å². The summed E-state index contributed by atoms with van der Waals surface area (Å²) in [6, 6.07) is 0. The Hall–Kier alpha value is -0.0951. The van der Waals surface area contributed by atoms with E-state index in [-0.39, 0.29) is 35.8 Å². The lowest BCUT2D eigenvalue weighted by atomic mass is 9.80. The van der Waals surface area contributed by atoms with E-state index >= 15 is 0 Å². The van der Waals surface area contributed by atoms with Crippen LogP contribution in [0.2, 0.25) is 5.82 Å². The third kappa shape index (κ3) is 2.37. The van der Waals surface area contributed by atoms with Gasteiger partial charge in [0.1, 0.15) is 0 Å². The maximum Gasteiger partial charge on any atom is 0.461 e. The number of hydrogen-bond acceptors (Lipinski definition) is 4. The van der Waals surface area contributed by atoms with E-state index in [1.54, 1.807) is 0 Å². The molecule has 0 N–H and O–H groups in total. The molecule has 0 bridgehead atoms. The molecule has 5 heteroatoms. The number of ether oxygens (including phenoxy) is 2. The van der Waals surface area contributed by atoms with Crippen LogP contribution < -0.4 is 0 Å². The molecule has 0 unspecified atom stereocenters. The van der Waals surface area contributed by atoms with Crippen molar-refractivity contribution in [3.05, 3.63) is 0 Å². The van der Waals surface area contributed by atoms with E-state index < -0.39 is 0 Å². The van der Waals surface area contributed by atoms with E-state index in [2.05, 4.69) is 55.4 Å². The first-order chi connectivity index (χ1) is 9.36. The molecule has 3 aliphatic rings. The van der Waals surface area contributed by atoms with E-state index in [0.717, 1.165) is 6.42 Å². The second-order valence-corrected chi connectivity index (χ2v) is 8.81. The van der Waals surface area contributed by atoms with Gasteiger partial charge in [-0.2, -0.15) is 0 Å². The average molecular weight is 296 g/mol. The fourth-order valence-electron chi connectivity index (χ4n) is 2.99. The van der Waals surface area contributed by atoms with Crippen molar-refractivity contribution in [2.75, 3.05) is 0 Å². The molecular formula is C16H29BO4. The van der Waals surface area contributed by atoms with Crippen LogP contribution in [0.1, 0.15) is 61.8 Å². The van der Waals surface area contributed by atoms with Gasteiger partial charge >= 0.3 is 7.12 Å². The maximum absolute atomic E-state index is 6.15. The Morgan fingerprint density at radius 1 is 0.714 bits per heavy atom. The molecule has 0 amide bonds. The molecule has 0 radical (unpaired) electrons. The first-order valence-electron chi connectivity index (χ1n) is 8.08. The molecule has 3 rings (SSSR count). The fourth-order valence-corrected chi connectivity index (χ4v) is 2.99. The molecule has 2 saturated heterocycles. The van der Waals surface area contributed by atoms with Crippen LogP contribution in [0, 0.1) is 5.92 Å². The van der Waals surface area contributed by atoms with E-state index in [9.17, 15) is 0 Å². The van der Waals surface area contributed by atoms with E-state index in [0.29, 0.717) is 11.7 Å². The molecule has 1 aliphatic carbocycles. The van der Waals surface area contributed by atoms with Gasteiger partial charge in [-0.25, -0.2) is 0 Å². The Morgan fingerprint density at radius 3 is 1.57 bits per heavy atom. The zero-order valence-corrected chi connectivity index (χ0v) is 14.6. The summed E-state index contributed by atoms with van der Waals surface area (Å²) in [5, 5.41) is 0. The van der Waals surface area contributed by atoms with Gasteiger partial charge in [0.2, 0.25) is 0 Å². The van der Waals surface area contributed by atoms with Crippen LogP contribution >= 0.6 is 0 Å². The number of hydrogen-bond donors (Lipinski definition) is 0. The predicted molar refractivity (Wildman–Crippen MR) is 82.1 cm³/mol. The Morgan fingerprint density at radius 2 is 1.14 bits per heavy atom. The fraction of sp³-hybridized carbons (Fsp3) is 1.00. The summed E-state index contributed by atoms with van der Waals surface area (Å²) in [7, 11) is -0.140. The summed E-state index contributed by atoms with van der Waals surface area (Å²) in [4.78, 5) is 0. The maximum atomic E-state index is 6.15. The molecular weight excluding hydrogens is 267 g/mol. The van der Waals surface area contributed by atoms with Crippen LogP contribution in [0.3, 0.4) is 0 Å². The molecule has 4 nitrogen and oxygen atoms in total. The van der Waals surface area contributed by atoms with E-state index in [4.69, 9.17) is 18.8 Å². The SMILES string of the molecule is CC1(C)OB([C@H]2C[C@@H]2C2OC(C)(C)C(C)(C)O2)OC1(C)C. The first-order valence-corrected chi connectivity index (χ1v) is 8.08. The van der Waals surface area contributed by atoms with Gasteiger partial charge < -0.3 is 18.8 Å². The molecule has 21 heavy (non-hydrogen) atoms. The van der Waals surface area contributed by atoms with Crippen molar-refractivity contribution in [1.29, 1.82) is 0 Å². The summed E-state index contributed by atoms with van der Waals surface area (Å²) in [6.45, 7) is 16.8. The Bertz CT molecular complexity index is 372. The molecule has 1 saturated carbocycles. The van der Waals surface area contributed by atoms with Crippen molar-refractivity contribution in [1.82, 2.24) is 0 Å². The van der Waals surface area contributed by atoms with Crippen LogP contribution in [-0.2, 0) is 18.8 Å². The molecule has 3 fully saturated rings. The average Bonchev–Trinajstić information content (AvgIpc) is 2.96. The molecule has 0 aromatic heterocycles. The highest BCUT2D eigenvalue weighted by molar-refractivity contribution is 6.48. The minimum atomic E-state index is -0.263. The van der Waals surface area contributed by atoms with Gasteiger partial charge in [-0.15, -0.1) is 0 Å². The van der Waals surface area contributed by atoms with Crippen molar-refractivity contribution in [3.8, 4) is 0 Å². The lowest BCUT2D eigenvalue weighted by Gasteiger charge is -2.32. The van der Waals surface area contributed by atoms with Crippen molar-refractivity contribution in [2.45, 2.75) is 96.3 Å². The highest BCUT2D eigenvalue weighted by Gasteiger charge is 2.64. The van der Waals surface area contributed by atoms with Gasteiger partial charge in [-0.05, 0) is 61.8 Å². The lowest BCUT2D eigenvalue weighted by molar-refractivity contribution is -0.100. The summed E-state index contributed by atoms with van der Waals surface area (Å²) >= 11 is 0. The van der Waals surface area contributed by atoms with E-state index in [1.807, 2.05) is 0 Å². The van der Waals surface area contributed by atoms with Gasteiger partial charge in [0.05, 0.1) is 22.4 Å². The third-order valence-corrected chi connectivity index (χ3v) is 6.13. The van der Waals surface area contributed by atoms with Crippen LogP contribution in [-0.4, -0.2) is 35.8 Å². The summed E-state index contributed by atoms with van der Waals surface area (Å²) in [5.41, 5.74) is -1.05. The second-order valence-electron chi connectivity index (χ2n) is 8.81. The van der Waals surface area contributed by atoms with Crippen molar-refractivity contribution in [3.63, 3.8) is 0 Å². The monoisotopic (exact) mass is 296 g/mol. The minimum Gasteiger partial charge on any atom is -0.403 e. The van der Waals surface area contributed by atoms with Crippen molar-refractivity contribution >= 4 is 7.12 Å². The van der Waals surface area contributed by atoms with Crippen LogP contribution in [0.4, 0.5) is 0 Å². The van der Waals surface area contributed by atoms with Gasteiger partial charge in [0, 0.05) is 11.7 Å². The van der Waals surface area contributed by atoms with Crippen LogP contribution in [0.5, 0.6) is 0 Å². The predicted octanol–water partition coefficient (Wildman–Crippen LogP) is 3.40. The highest BCUT2D eigenvalue weighted by atomic mass is 16.7. The molecule has 2 atom stereocenters. The van der Waals surface area contributed by atoms with Crippen molar-refractivity contribution in [2.24, 2.45) is 5.92 Å². The first kappa shape index (κ1) is 15.8. The zero-order valence-electron chi connectivity index (χ0n) is 14.6. The molecule has 0 aromatic carbocycles. The summed E-state index contributed by atoms with van der Waals surface area (Å²) < 4.78 is 24.6. The topological polar surface area (TPSA) is 36.9 Å². The summed E-state index contributed by atoms with van der Waals surface area (Å²) in [6.07, 6.45) is 0.909. The molecule has 0 spiro atoms. The molecule has 0 aromatic rings. The summed E-state index contributed by atoms with van der Waals surface area (Å²) in [5.74, 6) is 0.751. The Balaban J connectivity index is 1.64. The van der Waals surface area contributed by atoms with Gasteiger partial charge in [0.15, 0.2) is 6.29 Å². The Kier molecular flexibility index (Phi) is 3.20. The minimum absolute atomic E-state index is 0.140. The highest BCUT2D eigenvalue weighted by Crippen LogP contribution is 2.58. The second kappa shape index (κ2) is 4.25. The van der Waals surface area contributed by atoms with Gasteiger partial charge in [-0.3, -0.25) is 0 Å². The third-order valence-electron chi connectivity index (χ3n) is 6.13. The van der Waals surface area contributed by atoms with Gasteiger partial charge in [-0.1, -0.05) is 0 Å². The molecule has 2 aliphatic heterocycles. The molecule has 120 valence electrons. The zero-order chi connectivity index (χ0) is 15.8. The smallest absolute Gasteiger partial charge is 0.403 e. The molecule has 2 heterocycles.